The SMILES string of the molecule is C=C(C)CNC(N)=NCc1ccc(S(=O)(=O)N2CCCC(C)C2)cc1.I. The predicted molar refractivity (Wildman–Crippen MR) is 117 cm³/mol. The van der Waals surface area contributed by atoms with Crippen molar-refractivity contribution >= 4 is 40.0 Å². The van der Waals surface area contributed by atoms with Crippen molar-refractivity contribution in [3.63, 3.8) is 0 Å². The van der Waals surface area contributed by atoms with Gasteiger partial charge < -0.3 is 11.1 Å². The van der Waals surface area contributed by atoms with Gasteiger partial charge >= 0.3 is 0 Å². The molecule has 0 aromatic heterocycles. The second-order valence-corrected chi connectivity index (χ2v) is 8.70. The molecule has 1 aromatic carbocycles. The Hall–Kier alpha value is -1.13. The zero-order chi connectivity index (χ0) is 18.4. The second-order valence-electron chi connectivity index (χ2n) is 6.77. The lowest BCUT2D eigenvalue weighted by atomic mass is 10.0. The van der Waals surface area contributed by atoms with E-state index in [0.29, 0.717) is 43.0 Å². The van der Waals surface area contributed by atoms with Gasteiger partial charge in [-0.05, 0) is 43.4 Å². The maximum absolute atomic E-state index is 12.7. The Bertz CT molecular complexity index is 732. The van der Waals surface area contributed by atoms with Crippen molar-refractivity contribution in [2.75, 3.05) is 19.6 Å². The lowest BCUT2D eigenvalue weighted by Crippen LogP contribution is -2.39. The molecule has 1 saturated heterocycles. The van der Waals surface area contributed by atoms with Gasteiger partial charge in [0.05, 0.1) is 11.4 Å². The molecule has 0 radical (unpaired) electrons. The molecule has 8 heteroatoms. The van der Waals surface area contributed by atoms with Crippen LogP contribution >= 0.6 is 24.0 Å². The van der Waals surface area contributed by atoms with E-state index in [9.17, 15) is 8.42 Å². The van der Waals surface area contributed by atoms with Gasteiger partial charge in [-0.3, -0.25) is 0 Å². The summed E-state index contributed by atoms with van der Waals surface area (Å²) in [4.78, 5) is 4.58. The molecule has 1 aliphatic heterocycles. The van der Waals surface area contributed by atoms with Crippen LogP contribution in [0.1, 0.15) is 32.3 Å². The number of sulfonamides is 1. The highest BCUT2D eigenvalue weighted by Gasteiger charge is 2.28. The third kappa shape index (κ3) is 6.55. The minimum atomic E-state index is -3.41. The summed E-state index contributed by atoms with van der Waals surface area (Å²) in [6.45, 7) is 9.97. The predicted octanol–water partition coefficient (Wildman–Crippen LogP) is 2.71. The van der Waals surface area contributed by atoms with Crippen LogP contribution in [0.3, 0.4) is 0 Å². The molecule has 3 N–H and O–H groups in total. The first-order valence-electron chi connectivity index (χ1n) is 8.56. The standard InChI is InChI=1S/C18H28N4O2S.HI/c1-14(2)11-20-18(19)21-12-16-6-8-17(9-7-16)25(23,24)22-10-4-5-15(3)13-22;/h6-9,15H,1,4-5,10-13H2,2-3H3,(H3,19,20,21);1H. The summed E-state index contributed by atoms with van der Waals surface area (Å²) < 4.78 is 27.0. The summed E-state index contributed by atoms with van der Waals surface area (Å²) in [6.07, 6.45) is 2.01. The summed E-state index contributed by atoms with van der Waals surface area (Å²) >= 11 is 0. The Morgan fingerprint density at radius 2 is 2.04 bits per heavy atom. The average molecular weight is 492 g/mol. The number of hydrogen-bond donors (Lipinski definition) is 2. The van der Waals surface area contributed by atoms with Crippen LogP contribution in [0, 0.1) is 5.92 Å². The Morgan fingerprint density at radius 3 is 2.62 bits per heavy atom. The minimum Gasteiger partial charge on any atom is -0.370 e. The number of benzene rings is 1. The van der Waals surface area contributed by atoms with Gasteiger partial charge in [0.25, 0.3) is 0 Å². The molecule has 0 bridgehead atoms. The van der Waals surface area contributed by atoms with Gasteiger partial charge in [0, 0.05) is 19.6 Å². The van der Waals surface area contributed by atoms with Gasteiger partial charge in [-0.2, -0.15) is 4.31 Å². The van der Waals surface area contributed by atoms with Crippen molar-refractivity contribution in [1.29, 1.82) is 0 Å². The van der Waals surface area contributed by atoms with Gasteiger partial charge in [0.15, 0.2) is 5.96 Å². The van der Waals surface area contributed by atoms with Crippen LogP contribution in [0.25, 0.3) is 0 Å². The molecular formula is C18H29IN4O2S. The number of piperidine rings is 1. The molecule has 1 aliphatic rings. The fourth-order valence-corrected chi connectivity index (χ4v) is 4.35. The van der Waals surface area contributed by atoms with Crippen LogP contribution in [-0.2, 0) is 16.6 Å². The van der Waals surface area contributed by atoms with E-state index < -0.39 is 10.0 Å². The zero-order valence-electron chi connectivity index (χ0n) is 15.4. The van der Waals surface area contributed by atoms with Crippen LogP contribution in [0.15, 0.2) is 46.3 Å². The van der Waals surface area contributed by atoms with Crippen LogP contribution in [0.4, 0.5) is 0 Å². The lowest BCUT2D eigenvalue weighted by molar-refractivity contribution is 0.281. The number of guanidine groups is 1. The first-order chi connectivity index (χ1) is 11.8. The van der Waals surface area contributed by atoms with Gasteiger partial charge in [-0.25, -0.2) is 13.4 Å². The van der Waals surface area contributed by atoms with E-state index in [-0.39, 0.29) is 24.0 Å². The summed E-state index contributed by atoms with van der Waals surface area (Å²) in [5, 5.41) is 2.96. The number of aliphatic imine (C=N–C) groups is 1. The fraction of sp³-hybridized carbons (Fsp3) is 0.500. The third-order valence-electron chi connectivity index (χ3n) is 4.18. The van der Waals surface area contributed by atoms with E-state index in [1.807, 2.05) is 6.92 Å². The first-order valence-corrected chi connectivity index (χ1v) is 10.0. The fourth-order valence-electron chi connectivity index (χ4n) is 2.75. The molecule has 1 atom stereocenters. The molecule has 1 aromatic rings. The lowest BCUT2D eigenvalue weighted by Gasteiger charge is -2.30. The quantitative estimate of drug-likeness (QED) is 0.277. The Balaban J connectivity index is 0.00000338. The Morgan fingerprint density at radius 1 is 1.38 bits per heavy atom. The van der Waals surface area contributed by atoms with Crippen molar-refractivity contribution in [3.8, 4) is 0 Å². The van der Waals surface area contributed by atoms with Crippen LogP contribution in [-0.4, -0.2) is 38.3 Å². The molecule has 1 unspecified atom stereocenters. The normalized spacial score (nSPS) is 18.8. The monoisotopic (exact) mass is 492 g/mol. The van der Waals surface area contributed by atoms with Crippen molar-refractivity contribution in [2.24, 2.45) is 16.6 Å². The van der Waals surface area contributed by atoms with Gasteiger partial charge in [-0.1, -0.05) is 31.2 Å². The molecule has 0 amide bonds. The van der Waals surface area contributed by atoms with Crippen molar-refractivity contribution < 1.29 is 8.42 Å². The Labute approximate surface area is 174 Å². The van der Waals surface area contributed by atoms with Gasteiger partial charge in [0.1, 0.15) is 0 Å². The van der Waals surface area contributed by atoms with E-state index in [1.165, 1.54) is 0 Å². The van der Waals surface area contributed by atoms with E-state index in [1.54, 1.807) is 28.6 Å². The highest BCUT2D eigenvalue weighted by molar-refractivity contribution is 14.0. The van der Waals surface area contributed by atoms with Crippen LogP contribution in [0.2, 0.25) is 0 Å². The maximum atomic E-state index is 12.7. The zero-order valence-corrected chi connectivity index (χ0v) is 18.6. The number of halogens is 1. The molecule has 0 aliphatic carbocycles. The summed E-state index contributed by atoms with van der Waals surface area (Å²) in [7, 11) is -3.41. The second kappa shape index (κ2) is 10.3. The van der Waals surface area contributed by atoms with Crippen molar-refractivity contribution in [2.45, 2.75) is 38.1 Å². The molecular weight excluding hydrogens is 463 g/mol. The van der Waals surface area contributed by atoms with Gasteiger partial charge in [0.2, 0.25) is 10.0 Å². The highest BCUT2D eigenvalue weighted by atomic mass is 127. The summed E-state index contributed by atoms with van der Waals surface area (Å²) in [5.41, 5.74) is 7.66. The summed E-state index contributed by atoms with van der Waals surface area (Å²) in [6, 6.07) is 6.87. The molecule has 26 heavy (non-hydrogen) atoms. The van der Waals surface area contributed by atoms with Gasteiger partial charge in [-0.15, -0.1) is 24.0 Å². The highest BCUT2D eigenvalue weighted by Crippen LogP contribution is 2.23. The van der Waals surface area contributed by atoms with E-state index in [0.717, 1.165) is 24.0 Å². The van der Waals surface area contributed by atoms with Crippen LogP contribution < -0.4 is 11.1 Å². The molecule has 1 heterocycles. The van der Waals surface area contributed by atoms with Crippen LogP contribution in [0.5, 0.6) is 0 Å². The topological polar surface area (TPSA) is 87.8 Å². The number of nitrogens with one attached hydrogen (secondary N) is 1. The first kappa shape index (κ1) is 22.9. The third-order valence-corrected chi connectivity index (χ3v) is 6.06. The average Bonchev–Trinajstić information content (AvgIpc) is 2.58. The molecule has 0 spiro atoms. The smallest absolute Gasteiger partial charge is 0.243 e. The largest absolute Gasteiger partial charge is 0.370 e. The number of rotatable bonds is 6. The van der Waals surface area contributed by atoms with Crippen molar-refractivity contribution in [3.05, 3.63) is 42.0 Å². The molecule has 1 fully saturated rings. The Kier molecular flexibility index (Phi) is 9.05. The minimum absolute atomic E-state index is 0. The molecule has 6 nitrogen and oxygen atoms in total. The van der Waals surface area contributed by atoms with Crippen molar-refractivity contribution in [1.82, 2.24) is 9.62 Å². The number of nitrogens with zero attached hydrogens (tertiary/aromatic N) is 2. The van der Waals surface area contributed by atoms with E-state index in [2.05, 4.69) is 23.8 Å². The summed E-state index contributed by atoms with van der Waals surface area (Å²) in [5.74, 6) is 0.758. The maximum Gasteiger partial charge on any atom is 0.243 e. The van der Waals surface area contributed by atoms with E-state index in [4.69, 9.17) is 5.73 Å². The number of nitrogens with two attached hydrogens (primary N) is 1. The van der Waals surface area contributed by atoms with E-state index >= 15 is 0 Å². The molecule has 0 saturated carbocycles. The molecule has 2 rings (SSSR count). The number of hydrogen-bond acceptors (Lipinski definition) is 3. The molecule has 146 valence electrons.